The summed E-state index contributed by atoms with van der Waals surface area (Å²) in [4.78, 5) is 13.0. The van der Waals surface area contributed by atoms with Gasteiger partial charge in [0.05, 0.1) is 12.7 Å². The van der Waals surface area contributed by atoms with Gasteiger partial charge in [-0.15, -0.1) is 0 Å². The Morgan fingerprint density at radius 2 is 2.28 bits per heavy atom. The summed E-state index contributed by atoms with van der Waals surface area (Å²) in [6.45, 7) is 0.465. The number of aliphatic hydroxyl groups is 1. The first-order valence-electron chi connectivity index (χ1n) is 5.88. The summed E-state index contributed by atoms with van der Waals surface area (Å²) in [5.41, 5.74) is 1.90. The Bertz CT molecular complexity index is 435. The predicted octanol–water partition coefficient (Wildman–Crippen LogP) is 0.510. The standard InChI is InChI=1S/C13H17NO4/c1-18-8-10(15)7-14-11-5-3-2-4-9(11)6-12(14)13(16)17/h2-5,10,12,15H,6-8H2,1H3,(H,16,17). The lowest BCUT2D eigenvalue weighted by molar-refractivity contribution is -0.138. The number of carbonyl (C=O) groups is 1. The Morgan fingerprint density at radius 1 is 1.56 bits per heavy atom. The molecule has 5 nitrogen and oxygen atoms in total. The fourth-order valence-electron chi connectivity index (χ4n) is 2.37. The molecule has 5 heteroatoms. The van der Waals surface area contributed by atoms with Crippen LogP contribution in [0.4, 0.5) is 5.69 Å². The molecule has 2 atom stereocenters. The van der Waals surface area contributed by atoms with Crippen molar-refractivity contribution in [2.24, 2.45) is 0 Å². The average Bonchev–Trinajstić information content (AvgIpc) is 2.69. The largest absolute Gasteiger partial charge is 0.480 e. The summed E-state index contributed by atoms with van der Waals surface area (Å²) in [7, 11) is 1.51. The second-order valence-electron chi connectivity index (χ2n) is 4.45. The van der Waals surface area contributed by atoms with Crippen molar-refractivity contribution in [1.82, 2.24) is 0 Å². The second-order valence-corrected chi connectivity index (χ2v) is 4.45. The normalized spacial score (nSPS) is 19.7. The van der Waals surface area contributed by atoms with E-state index < -0.39 is 18.1 Å². The van der Waals surface area contributed by atoms with E-state index in [0.717, 1.165) is 11.3 Å². The first kappa shape index (κ1) is 12.9. The van der Waals surface area contributed by atoms with E-state index in [9.17, 15) is 15.0 Å². The Labute approximate surface area is 106 Å². The highest BCUT2D eigenvalue weighted by molar-refractivity contribution is 5.82. The Morgan fingerprint density at radius 3 is 2.94 bits per heavy atom. The molecule has 1 aliphatic rings. The third-order valence-electron chi connectivity index (χ3n) is 3.14. The quantitative estimate of drug-likeness (QED) is 0.798. The molecule has 2 N–H and O–H groups in total. The topological polar surface area (TPSA) is 70.0 Å². The van der Waals surface area contributed by atoms with Crippen molar-refractivity contribution in [3.05, 3.63) is 29.8 Å². The average molecular weight is 251 g/mol. The van der Waals surface area contributed by atoms with E-state index in [4.69, 9.17) is 4.74 Å². The molecule has 1 aromatic carbocycles. The van der Waals surface area contributed by atoms with Gasteiger partial charge in [0, 0.05) is 25.8 Å². The maximum Gasteiger partial charge on any atom is 0.326 e. The van der Waals surface area contributed by atoms with Crippen LogP contribution in [0.15, 0.2) is 24.3 Å². The Balaban J connectivity index is 2.20. The molecule has 0 radical (unpaired) electrons. The number of rotatable bonds is 5. The molecule has 2 rings (SSSR count). The van der Waals surface area contributed by atoms with Crippen LogP contribution < -0.4 is 4.90 Å². The molecule has 98 valence electrons. The van der Waals surface area contributed by atoms with E-state index in [2.05, 4.69) is 0 Å². The van der Waals surface area contributed by atoms with Crippen LogP contribution in [0.1, 0.15) is 5.56 Å². The molecule has 1 aromatic rings. The number of β-amino-alcohol motifs (C(OH)–C–C–N with tert-alkyl or cyclic N) is 1. The molecule has 0 spiro atoms. The van der Waals surface area contributed by atoms with Gasteiger partial charge in [0.15, 0.2) is 0 Å². The van der Waals surface area contributed by atoms with Gasteiger partial charge in [0.1, 0.15) is 6.04 Å². The summed E-state index contributed by atoms with van der Waals surface area (Å²) in [5, 5.41) is 19.0. The van der Waals surface area contributed by atoms with Gasteiger partial charge >= 0.3 is 5.97 Å². The van der Waals surface area contributed by atoms with E-state index >= 15 is 0 Å². The number of methoxy groups -OCH3 is 1. The molecule has 0 bridgehead atoms. The molecule has 1 aliphatic heterocycles. The number of carboxylic acids is 1. The molecule has 0 amide bonds. The number of aliphatic hydroxyl groups excluding tert-OH is 1. The fraction of sp³-hybridized carbons (Fsp3) is 0.462. The number of benzene rings is 1. The van der Waals surface area contributed by atoms with E-state index in [1.165, 1.54) is 7.11 Å². The lowest BCUT2D eigenvalue weighted by atomic mass is 10.1. The van der Waals surface area contributed by atoms with E-state index in [1.54, 1.807) is 4.90 Å². The number of hydrogen-bond donors (Lipinski definition) is 2. The fourth-order valence-corrected chi connectivity index (χ4v) is 2.37. The lowest BCUT2D eigenvalue weighted by Gasteiger charge is -2.27. The van der Waals surface area contributed by atoms with Crippen LogP contribution in [-0.4, -0.2) is 48.6 Å². The lowest BCUT2D eigenvalue weighted by Crippen LogP contribution is -2.43. The maximum atomic E-state index is 11.3. The summed E-state index contributed by atoms with van der Waals surface area (Å²) in [6, 6.07) is 6.98. The number of hydrogen-bond acceptors (Lipinski definition) is 4. The summed E-state index contributed by atoms with van der Waals surface area (Å²) >= 11 is 0. The van der Waals surface area contributed by atoms with E-state index in [1.807, 2.05) is 24.3 Å². The van der Waals surface area contributed by atoms with Crippen molar-refractivity contribution in [3.63, 3.8) is 0 Å². The van der Waals surface area contributed by atoms with Crippen LogP contribution in [0.25, 0.3) is 0 Å². The van der Waals surface area contributed by atoms with Gasteiger partial charge in [-0.05, 0) is 11.6 Å². The zero-order valence-corrected chi connectivity index (χ0v) is 10.2. The zero-order chi connectivity index (χ0) is 13.1. The third kappa shape index (κ3) is 2.47. The van der Waals surface area contributed by atoms with Gasteiger partial charge in [-0.25, -0.2) is 4.79 Å². The molecular weight excluding hydrogens is 234 g/mol. The molecule has 0 aliphatic carbocycles. The van der Waals surface area contributed by atoms with Crippen LogP contribution in [0.5, 0.6) is 0 Å². The van der Waals surface area contributed by atoms with Crippen LogP contribution in [0.3, 0.4) is 0 Å². The van der Waals surface area contributed by atoms with Crippen molar-refractivity contribution in [1.29, 1.82) is 0 Å². The minimum absolute atomic E-state index is 0.199. The molecular formula is C13H17NO4. The van der Waals surface area contributed by atoms with Gasteiger partial charge in [-0.1, -0.05) is 18.2 Å². The summed E-state index contributed by atoms with van der Waals surface area (Å²) < 4.78 is 4.87. The summed E-state index contributed by atoms with van der Waals surface area (Å²) in [5.74, 6) is -0.865. The monoisotopic (exact) mass is 251 g/mol. The molecule has 0 saturated heterocycles. The van der Waals surface area contributed by atoms with Gasteiger partial charge in [-0.3, -0.25) is 0 Å². The maximum absolute atomic E-state index is 11.3. The van der Waals surface area contributed by atoms with Gasteiger partial charge in [-0.2, -0.15) is 0 Å². The van der Waals surface area contributed by atoms with Crippen molar-refractivity contribution < 1.29 is 19.7 Å². The van der Waals surface area contributed by atoms with Crippen molar-refractivity contribution >= 4 is 11.7 Å². The molecule has 0 fully saturated rings. The highest BCUT2D eigenvalue weighted by Gasteiger charge is 2.34. The first-order chi connectivity index (χ1) is 8.63. The number of aliphatic carboxylic acids is 1. The van der Waals surface area contributed by atoms with E-state index in [-0.39, 0.29) is 13.2 Å². The molecule has 18 heavy (non-hydrogen) atoms. The second kappa shape index (κ2) is 5.37. The number of carboxylic acid groups (broad SMARTS) is 1. The molecule has 2 unspecified atom stereocenters. The minimum atomic E-state index is -0.865. The van der Waals surface area contributed by atoms with Crippen molar-refractivity contribution in [2.45, 2.75) is 18.6 Å². The number of anilines is 1. The van der Waals surface area contributed by atoms with Crippen LogP contribution >= 0.6 is 0 Å². The van der Waals surface area contributed by atoms with Gasteiger partial charge in [0.2, 0.25) is 0 Å². The summed E-state index contributed by atoms with van der Waals surface area (Å²) in [6.07, 6.45) is -0.214. The molecule has 1 heterocycles. The van der Waals surface area contributed by atoms with Crippen molar-refractivity contribution in [2.75, 3.05) is 25.2 Å². The molecule has 0 aromatic heterocycles. The SMILES string of the molecule is COCC(O)CN1c2ccccc2CC1C(=O)O. The number of fused-ring (bicyclic) bond motifs is 1. The van der Waals surface area contributed by atoms with Crippen LogP contribution in [0.2, 0.25) is 0 Å². The Kier molecular flexibility index (Phi) is 3.84. The smallest absolute Gasteiger partial charge is 0.326 e. The Hall–Kier alpha value is -1.59. The highest BCUT2D eigenvalue weighted by Crippen LogP contribution is 2.32. The van der Waals surface area contributed by atoms with E-state index in [0.29, 0.717) is 6.42 Å². The van der Waals surface area contributed by atoms with Crippen LogP contribution in [-0.2, 0) is 16.0 Å². The predicted molar refractivity (Wildman–Crippen MR) is 66.8 cm³/mol. The number of nitrogens with zero attached hydrogens (tertiary/aromatic N) is 1. The number of para-hydroxylation sites is 1. The van der Waals surface area contributed by atoms with Gasteiger partial charge in [0.25, 0.3) is 0 Å². The first-order valence-corrected chi connectivity index (χ1v) is 5.88. The van der Waals surface area contributed by atoms with Crippen LogP contribution in [0, 0.1) is 0 Å². The number of ether oxygens (including phenoxy) is 1. The minimum Gasteiger partial charge on any atom is -0.480 e. The zero-order valence-electron chi connectivity index (χ0n) is 10.2. The third-order valence-corrected chi connectivity index (χ3v) is 3.14. The van der Waals surface area contributed by atoms with Gasteiger partial charge < -0.3 is 19.8 Å². The highest BCUT2D eigenvalue weighted by atomic mass is 16.5. The molecule has 0 saturated carbocycles. The van der Waals surface area contributed by atoms with Crippen molar-refractivity contribution in [3.8, 4) is 0 Å².